The minimum absolute atomic E-state index is 0.00151. The lowest BCUT2D eigenvalue weighted by Crippen LogP contribution is -2.12. The molecule has 0 aromatic heterocycles. The van der Waals surface area contributed by atoms with Gasteiger partial charge in [0, 0.05) is 0 Å². The van der Waals surface area contributed by atoms with Crippen molar-refractivity contribution in [1.29, 1.82) is 0 Å². The molecule has 3 heteroatoms. The summed E-state index contributed by atoms with van der Waals surface area (Å²) in [6.07, 6.45) is 7.85. The van der Waals surface area contributed by atoms with Crippen LogP contribution in [-0.4, -0.2) is 14.0 Å². The Morgan fingerprint density at radius 2 is 1.77 bits per heavy atom. The predicted molar refractivity (Wildman–Crippen MR) is 58.2 cm³/mol. The molecule has 0 aliphatic rings. The van der Waals surface area contributed by atoms with Crippen LogP contribution in [0.25, 0.3) is 0 Å². The highest BCUT2D eigenvalue weighted by Gasteiger charge is 2.11. The number of unbranched alkanes of at least 4 members (excludes halogenated alkanes) is 4. The summed E-state index contributed by atoms with van der Waals surface area (Å²) < 4.78 is 19.6. The van der Waals surface area contributed by atoms with Gasteiger partial charge in [-0.2, -0.15) is 0 Å². The molecular formula is C10H22O2S. The van der Waals surface area contributed by atoms with Crippen LogP contribution < -0.4 is 0 Å². The van der Waals surface area contributed by atoms with E-state index in [9.17, 15) is 4.21 Å². The third kappa shape index (κ3) is 7.20. The molecule has 2 atom stereocenters. The van der Waals surface area contributed by atoms with Crippen molar-refractivity contribution in [2.45, 2.75) is 64.0 Å². The SMILES string of the molecule is CCCCCCCC(CC)S(=O)O. The molecule has 0 saturated heterocycles. The van der Waals surface area contributed by atoms with E-state index in [4.69, 9.17) is 4.55 Å². The largest absolute Gasteiger partial charge is 0.306 e. The van der Waals surface area contributed by atoms with E-state index < -0.39 is 11.1 Å². The standard InChI is InChI=1S/C10H22O2S/c1-3-5-6-7-8-9-10(4-2)13(11)12/h10H,3-9H2,1-2H3,(H,11,12). The molecule has 0 fully saturated rings. The van der Waals surface area contributed by atoms with Gasteiger partial charge in [0.25, 0.3) is 0 Å². The lowest BCUT2D eigenvalue weighted by atomic mass is 10.1. The Morgan fingerprint density at radius 3 is 2.23 bits per heavy atom. The second-order valence-corrected chi connectivity index (χ2v) is 4.73. The van der Waals surface area contributed by atoms with Crippen LogP contribution in [0.3, 0.4) is 0 Å². The molecule has 0 heterocycles. The minimum atomic E-state index is -1.61. The lowest BCUT2D eigenvalue weighted by molar-refractivity contribution is 0.521. The zero-order valence-corrected chi connectivity index (χ0v) is 9.61. The fraction of sp³-hybridized carbons (Fsp3) is 1.00. The molecule has 0 aliphatic heterocycles. The zero-order chi connectivity index (χ0) is 10.1. The van der Waals surface area contributed by atoms with Crippen molar-refractivity contribution in [3.05, 3.63) is 0 Å². The Bertz CT molecular complexity index is 137. The summed E-state index contributed by atoms with van der Waals surface area (Å²) >= 11 is -1.61. The van der Waals surface area contributed by atoms with Crippen LogP contribution in [0.5, 0.6) is 0 Å². The molecule has 1 N–H and O–H groups in total. The lowest BCUT2D eigenvalue weighted by Gasteiger charge is -2.09. The summed E-state index contributed by atoms with van der Waals surface area (Å²) in [5.41, 5.74) is 0. The van der Waals surface area contributed by atoms with Gasteiger partial charge >= 0.3 is 0 Å². The Hall–Kier alpha value is 0.110. The fourth-order valence-corrected chi connectivity index (χ4v) is 2.08. The molecule has 0 bridgehead atoms. The molecule has 80 valence electrons. The molecule has 0 amide bonds. The molecule has 0 aromatic carbocycles. The van der Waals surface area contributed by atoms with Crippen LogP contribution in [0.15, 0.2) is 0 Å². The van der Waals surface area contributed by atoms with E-state index in [1.165, 1.54) is 25.7 Å². The average molecular weight is 206 g/mol. The Kier molecular flexibility index (Phi) is 8.77. The van der Waals surface area contributed by atoms with Gasteiger partial charge in [-0.3, -0.25) is 0 Å². The van der Waals surface area contributed by atoms with E-state index in [0.717, 1.165) is 19.3 Å². The minimum Gasteiger partial charge on any atom is -0.306 e. The highest BCUT2D eigenvalue weighted by molar-refractivity contribution is 7.79. The maximum absolute atomic E-state index is 10.8. The van der Waals surface area contributed by atoms with Gasteiger partial charge in [-0.25, -0.2) is 4.21 Å². The summed E-state index contributed by atoms with van der Waals surface area (Å²) in [6.45, 7) is 4.17. The van der Waals surface area contributed by atoms with Gasteiger partial charge < -0.3 is 4.55 Å². The molecular weight excluding hydrogens is 184 g/mol. The number of hydrogen-bond donors (Lipinski definition) is 1. The second-order valence-electron chi connectivity index (χ2n) is 3.51. The van der Waals surface area contributed by atoms with Crippen molar-refractivity contribution in [3.8, 4) is 0 Å². The first-order chi connectivity index (χ1) is 6.22. The summed E-state index contributed by atoms with van der Waals surface area (Å²) in [6, 6.07) is 0. The maximum atomic E-state index is 10.8. The van der Waals surface area contributed by atoms with Crippen LogP contribution in [0.1, 0.15) is 58.8 Å². The maximum Gasteiger partial charge on any atom is 0.155 e. The molecule has 0 aromatic rings. The first-order valence-corrected chi connectivity index (χ1v) is 6.49. The second kappa shape index (κ2) is 8.70. The highest BCUT2D eigenvalue weighted by atomic mass is 32.2. The Balaban J connectivity index is 3.33. The van der Waals surface area contributed by atoms with Crippen molar-refractivity contribution < 1.29 is 8.76 Å². The van der Waals surface area contributed by atoms with Gasteiger partial charge in [-0.05, 0) is 12.8 Å². The quantitative estimate of drug-likeness (QED) is 0.488. The number of hydrogen-bond acceptors (Lipinski definition) is 1. The van der Waals surface area contributed by atoms with E-state index in [-0.39, 0.29) is 5.25 Å². The molecule has 0 rings (SSSR count). The molecule has 2 unspecified atom stereocenters. The van der Waals surface area contributed by atoms with Crippen molar-refractivity contribution in [3.63, 3.8) is 0 Å². The monoisotopic (exact) mass is 206 g/mol. The molecule has 0 spiro atoms. The first kappa shape index (κ1) is 13.1. The molecule has 0 aliphatic carbocycles. The summed E-state index contributed by atoms with van der Waals surface area (Å²) in [5, 5.41) is 0.00151. The van der Waals surface area contributed by atoms with Gasteiger partial charge in [-0.15, -0.1) is 0 Å². The van der Waals surface area contributed by atoms with Crippen molar-refractivity contribution in [1.82, 2.24) is 0 Å². The van der Waals surface area contributed by atoms with Crippen molar-refractivity contribution in [2.75, 3.05) is 0 Å². The van der Waals surface area contributed by atoms with Crippen molar-refractivity contribution in [2.24, 2.45) is 0 Å². The molecule has 13 heavy (non-hydrogen) atoms. The predicted octanol–water partition coefficient (Wildman–Crippen LogP) is 3.35. The van der Waals surface area contributed by atoms with Crippen LogP contribution in [0.2, 0.25) is 0 Å². The van der Waals surface area contributed by atoms with E-state index in [0.29, 0.717) is 0 Å². The Labute approximate surface area is 84.4 Å². The van der Waals surface area contributed by atoms with Crippen LogP contribution in [-0.2, 0) is 11.1 Å². The normalized spacial score (nSPS) is 15.6. The van der Waals surface area contributed by atoms with E-state index in [2.05, 4.69) is 6.92 Å². The van der Waals surface area contributed by atoms with Crippen LogP contribution in [0.4, 0.5) is 0 Å². The summed E-state index contributed by atoms with van der Waals surface area (Å²) in [7, 11) is 0. The first-order valence-electron chi connectivity index (χ1n) is 5.32. The third-order valence-corrected chi connectivity index (χ3v) is 3.51. The van der Waals surface area contributed by atoms with Crippen molar-refractivity contribution >= 4 is 11.1 Å². The van der Waals surface area contributed by atoms with Gasteiger partial charge in [0.05, 0.1) is 5.25 Å². The van der Waals surface area contributed by atoms with Gasteiger partial charge in [0.15, 0.2) is 11.1 Å². The van der Waals surface area contributed by atoms with Crippen LogP contribution in [0, 0.1) is 0 Å². The molecule has 2 nitrogen and oxygen atoms in total. The number of rotatable bonds is 8. The van der Waals surface area contributed by atoms with E-state index in [1.807, 2.05) is 6.92 Å². The fourth-order valence-electron chi connectivity index (χ4n) is 1.42. The van der Waals surface area contributed by atoms with E-state index >= 15 is 0 Å². The highest BCUT2D eigenvalue weighted by Crippen LogP contribution is 2.12. The van der Waals surface area contributed by atoms with Gasteiger partial charge in [-0.1, -0.05) is 46.0 Å². The van der Waals surface area contributed by atoms with E-state index in [1.54, 1.807) is 0 Å². The summed E-state index contributed by atoms with van der Waals surface area (Å²) in [5.74, 6) is 0. The summed E-state index contributed by atoms with van der Waals surface area (Å²) in [4.78, 5) is 0. The zero-order valence-electron chi connectivity index (χ0n) is 8.79. The molecule has 0 saturated carbocycles. The molecule has 0 radical (unpaired) electrons. The third-order valence-electron chi connectivity index (χ3n) is 2.37. The topological polar surface area (TPSA) is 37.3 Å². The van der Waals surface area contributed by atoms with Gasteiger partial charge in [0.2, 0.25) is 0 Å². The smallest absolute Gasteiger partial charge is 0.155 e. The Morgan fingerprint density at radius 1 is 1.15 bits per heavy atom. The van der Waals surface area contributed by atoms with Gasteiger partial charge in [0.1, 0.15) is 0 Å². The van der Waals surface area contributed by atoms with Crippen LogP contribution >= 0.6 is 0 Å². The average Bonchev–Trinajstić information content (AvgIpc) is 2.10.